The van der Waals surface area contributed by atoms with E-state index in [1.165, 1.54) is 16.2 Å². The molecule has 4 heteroatoms. The van der Waals surface area contributed by atoms with Crippen molar-refractivity contribution in [2.24, 2.45) is 0 Å². The van der Waals surface area contributed by atoms with Gasteiger partial charge in [0.1, 0.15) is 4.88 Å². The summed E-state index contributed by atoms with van der Waals surface area (Å²) in [6.07, 6.45) is 0. The molecule has 3 aromatic rings. The van der Waals surface area contributed by atoms with Crippen LogP contribution in [-0.2, 0) is 0 Å². The molecule has 0 amide bonds. The van der Waals surface area contributed by atoms with E-state index in [1.807, 2.05) is 29.6 Å². The molecule has 0 spiro atoms. The standard InChI is InChI=1S/C13H8O2S2/c14-13(15)12-7-9-6-8(3-4-11(9)17-12)10-2-1-5-16-10/h1-7H,(H,14,15). The van der Waals surface area contributed by atoms with Crippen LogP contribution >= 0.6 is 22.7 Å². The Labute approximate surface area is 106 Å². The minimum Gasteiger partial charge on any atom is -0.477 e. The molecule has 3 rings (SSSR count). The molecule has 0 aliphatic carbocycles. The number of hydrogen-bond acceptors (Lipinski definition) is 3. The van der Waals surface area contributed by atoms with Gasteiger partial charge in [-0.1, -0.05) is 12.1 Å². The number of thiophene rings is 2. The molecule has 1 N–H and O–H groups in total. The van der Waals surface area contributed by atoms with Gasteiger partial charge in [-0.15, -0.1) is 22.7 Å². The molecule has 84 valence electrons. The molecule has 0 fully saturated rings. The second kappa shape index (κ2) is 3.98. The van der Waals surface area contributed by atoms with Crippen LogP contribution in [0.15, 0.2) is 41.8 Å². The molecule has 1 aromatic carbocycles. The summed E-state index contributed by atoms with van der Waals surface area (Å²) in [6, 6.07) is 11.9. The van der Waals surface area contributed by atoms with Gasteiger partial charge in [0.15, 0.2) is 0 Å². The fraction of sp³-hybridized carbons (Fsp3) is 0. The van der Waals surface area contributed by atoms with Crippen molar-refractivity contribution in [3.8, 4) is 10.4 Å². The van der Waals surface area contributed by atoms with Gasteiger partial charge >= 0.3 is 5.97 Å². The smallest absolute Gasteiger partial charge is 0.345 e. The molecule has 0 aliphatic heterocycles. The highest BCUT2D eigenvalue weighted by Crippen LogP contribution is 2.31. The van der Waals surface area contributed by atoms with Crippen molar-refractivity contribution in [2.75, 3.05) is 0 Å². The SMILES string of the molecule is O=C(O)c1cc2cc(-c3cccs3)ccc2s1. The number of carboxylic acids is 1. The first-order chi connectivity index (χ1) is 8.24. The number of carboxylic acid groups (broad SMARTS) is 1. The van der Waals surface area contributed by atoms with Gasteiger partial charge in [0.2, 0.25) is 0 Å². The number of carbonyl (C=O) groups is 1. The third-order valence-electron chi connectivity index (χ3n) is 2.53. The van der Waals surface area contributed by atoms with Gasteiger partial charge in [-0.25, -0.2) is 4.79 Å². The fourth-order valence-corrected chi connectivity index (χ4v) is 3.35. The predicted octanol–water partition coefficient (Wildman–Crippen LogP) is 4.33. The molecule has 0 aliphatic rings. The number of benzene rings is 1. The normalized spacial score (nSPS) is 10.8. The maximum atomic E-state index is 10.9. The Bertz CT molecular complexity index is 681. The number of aromatic carboxylic acids is 1. The molecule has 0 saturated heterocycles. The van der Waals surface area contributed by atoms with E-state index in [0.717, 1.165) is 15.6 Å². The lowest BCUT2D eigenvalue weighted by Crippen LogP contribution is -1.89. The van der Waals surface area contributed by atoms with Gasteiger partial charge in [-0.05, 0) is 40.6 Å². The Morgan fingerprint density at radius 1 is 1.18 bits per heavy atom. The van der Waals surface area contributed by atoms with Crippen molar-refractivity contribution in [1.82, 2.24) is 0 Å². The lowest BCUT2D eigenvalue weighted by atomic mass is 10.1. The first-order valence-electron chi connectivity index (χ1n) is 5.05. The molecule has 2 nitrogen and oxygen atoms in total. The monoisotopic (exact) mass is 260 g/mol. The minimum atomic E-state index is -0.858. The molecule has 0 radical (unpaired) electrons. The van der Waals surface area contributed by atoms with E-state index in [2.05, 4.69) is 6.07 Å². The maximum absolute atomic E-state index is 10.9. The summed E-state index contributed by atoms with van der Waals surface area (Å²) in [6.45, 7) is 0. The highest BCUT2D eigenvalue weighted by atomic mass is 32.1. The van der Waals surface area contributed by atoms with Gasteiger partial charge in [-0.2, -0.15) is 0 Å². The number of fused-ring (bicyclic) bond motifs is 1. The second-order valence-electron chi connectivity index (χ2n) is 3.65. The van der Waals surface area contributed by atoms with Crippen LogP contribution < -0.4 is 0 Å². The van der Waals surface area contributed by atoms with E-state index >= 15 is 0 Å². The van der Waals surface area contributed by atoms with Crippen LogP contribution in [0.5, 0.6) is 0 Å². The summed E-state index contributed by atoms with van der Waals surface area (Å²) in [5.41, 5.74) is 1.14. The first-order valence-corrected chi connectivity index (χ1v) is 6.74. The van der Waals surface area contributed by atoms with Crippen molar-refractivity contribution in [2.45, 2.75) is 0 Å². The zero-order valence-corrected chi connectivity index (χ0v) is 10.3. The van der Waals surface area contributed by atoms with E-state index in [9.17, 15) is 4.79 Å². The van der Waals surface area contributed by atoms with E-state index in [4.69, 9.17) is 5.11 Å². The summed E-state index contributed by atoms with van der Waals surface area (Å²) in [4.78, 5) is 12.5. The van der Waals surface area contributed by atoms with Gasteiger partial charge in [-0.3, -0.25) is 0 Å². The minimum absolute atomic E-state index is 0.392. The molecule has 0 atom stereocenters. The Balaban J connectivity index is 2.16. The molecular formula is C13H8O2S2. The van der Waals surface area contributed by atoms with Crippen LogP contribution in [0.2, 0.25) is 0 Å². The summed E-state index contributed by atoms with van der Waals surface area (Å²) < 4.78 is 1.02. The average Bonchev–Trinajstić information content (AvgIpc) is 2.97. The molecule has 0 unspecified atom stereocenters. The highest BCUT2D eigenvalue weighted by molar-refractivity contribution is 7.20. The van der Waals surface area contributed by atoms with Crippen molar-refractivity contribution < 1.29 is 9.90 Å². The van der Waals surface area contributed by atoms with E-state index in [0.29, 0.717) is 4.88 Å². The van der Waals surface area contributed by atoms with Gasteiger partial charge in [0.25, 0.3) is 0 Å². The molecule has 0 saturated carbocycles. The molecular weight excluding hydrogens is 252 g/mol. The van der Waals surface area contributed by atoms with E-state index in [1.54, 1.807) is 17.4 Å². The van der Waals surface area contributed by atoms with Crippen LogP contribution in [0.3, 0.4) is 0 Å². The summed E-state index contributed by atoms with van der Waals surface area (Å²) in [7, 11) is 0. The quantitative estimate of drug-likeness (QED) is 0.744. The third-order valence-corrected chi connectivity index (χ3v) is 4.56. The second-order valence-corrected chi connectivity index (χ2v) is 5.68. The summed E-state index contributed by atoms with van der Waals surface area (Å²) in [5, 5.41) is 12.0. The van der Waals surface area contributed by atoms with Crippen molar-refractivity contribution in [1.29, 1.82) is 0 Å². The van der Waals surface area contributed by atoms with Gasteiger partial charge in [0.05, 0.1) is 0 Å². The van der Waals surface area contributed by atoms with Gasteiger partial charge < -0.3 is 5.11 Å². The average molecular weight is 260 g/mol. The van der Waals surface area contributed by atoms with Crippen molar-refractivity contribution in [3.63, 3.8) is 0 Å². The van der Waals surface area contributed by atoms with Crippen LogP contribution in [0, 0.1) is 0 Å². The molecule has 17 heavy (non-hydrogen) atoms. The lowest BCUT2D eigenvalue weighted by molar-refractivity contribution is 0.0702. The summed E-state index contributed by atoms with van der Waals surface area (Å²) in [5.74, 6) is -0.858. The molecule has 2 heterocycles. The fourth-order valence-electron chi connectivity index (χ4n) is 1.74. The van der Waals surface area contributed by atoms with Crippen molar-refractivity contribution >= 4 is 38.7 Å². The predicted molar refractivity (Wildman–Crippen MR) is 72.1 cm³/mol. The zero-order chi connectivity index (χ0) is 11.8. The number of hydrogen-bond donors (Lipinski definition) is 1. The molecule has 0 bridgehead atoms. The van der Waals surface area contributed by atoms with Crippen LogP contribution in [0.25, 0.3) is 20.5 Å². The van der Waals surface area contributed by atoms with Crippen LogP contribution in [-0.4, -0.2) is 11.1 Å². The lowest BCUT2D eigenvalue weighted by Gasteiger charge is -1.96. The van der Waals surface area contributed by atoms with Crippen LogP contribution in [0.4, 0.5) is 0 Å². The molecule has 2 aromatic heterocycles. The Morgan fingerprint density at radius 3 is 2.76 bits per heavy atom. The van der Waals surface area contributed by atoms with E-state index < -0.39 is 5.97 Å². The number of rotatable bonds is 2. The van der Waals surface area contributed by atoms with Crippen molar-refractivity contribution in [3.05, 3.63) is 46.7 Å². The maximum Gasteiger partial charge on any atom is 0.345 e. The Morgan fingerprint density at radius 2 is 2.06 bits per heavy atom. The van der Waals surface area contributed by atoms with E-state index in [-0.39, 0.29) is 0 Å². The van der Waals surface area contributed by atoms with Gasteiger partial charge in [0, 0.05) is 9.58 Å². The largest absolute Gasteiger partial charge is 0.477 e. The highest BCUT2D eigenvalue weighted by Gasteiger charge is 2.09. The third kappa shape index (κ3) is 1.85. The van der Waals surface area contributed by atoms with Crippen LogP contribution in [0.1, 0.15) is 9.67 Å². The summed E-state index contributed by atoms with van der Waals surface area (Å²) >= 11 is 3.00. The Kier molecular flexibility index (Phi) is 2.46. The first kappa shape index (κ1) is 10.5. The topological polar surface area (TPSA) is 37.3 Å². The Hall–Kier alpha value is -1.65. The zero-order valence-electron chi connectivity index (χ0n) is 8.71.